The van der Waals surface area contributed by atoms with E-state index in [2.05, 4.69) is 30.7 Å². The van der Waals surface area contributed by atoms with Crippen LogP contribution in [0.5, 0.6) is 0 Å². The van der Waals surface area contributed by atoms with Crippen molar-refractivity contribution in [2.45, 2.75) is 0 Å². The van der Waals surface area contributed by atoms with E-state index in [4.69, 9.17) is 15.5 Å². The molecule has 12 heteroatoms. The average molecular weight is 477 g/mol. The molecule has 11 nitrogen and oxygen atoms in total. The third-order valence-electron chi connectivity index (χ3n) is 5.14. The minimum atomic E-state index is -0.447. The minimum absolute atomic E-state index is 0.158. The summed E-state index contributed by atoms with van der Waals surface area (Å²) in [6.07, 6.45) is 3.12. The molecule has 172 valence electrons. The average Bonchev–Trinajstić information content (AvgIpc) is 3.32. The van der Waals surface area contributed by atoms with Crippen molar-refractivity contribution in [2.75, 3.05) is 36.9 Å². The highest BCUT2D eigenvalue weighted by Crippen LogP contribution is 2.34. The highest BCUT2D eigenvalue weighted by Gasteiger charge is 2.22. The molecule has 0 unspecified atom stereocenters. The molecule has 1 fully saturated rings. The van der Waals surface area contributed by atoms with Crippen molar-refractivity contribution in [2.24, 2.45) is 0 Å². The van der Waals surface area contributed by atoms with Crippen molar-refractivity contribution < 1.29 is 14.3 Å². The summed E-state index contributed by atoms with van der Waals surface area (Å²) in [4.78, 5) is 45.0. The Balaban J connectivity index is 1.46. The molecule has 0 saturated carbocycles. The number of amides is 2. The topological polar surface area (TPSA) is 148 Å². The van der Waals surface area contributed by atoms with Gasteiger partial charge in [-0.3, -0.25) is 20.4 Å². The first-order valence-electron chi connectivity index (χ1n) is 10.5. The maximum absolute atomic E-state index is 12.8. The number of fused-ring (bicyclic) bond motifs is 1. The number of nitrogens with one attached hydrogen (secondary N) is 2. The van der Waals surface area contributed by atoms with Crippen LogP contribution >= 0.6 is 11.3 Å². The van der Waals surface area contributed by atoms with Crippen LogP contribution in [0.2, 0.25) is 0 Å². The van der Waals surface area contributed by atoms with Crippen LogP contribution in [0.25, 0.3) is 21.6 Å². The van der Waals surface area contributed by atoms with Crippen LogP contribution in [-0.4, -0.2) is 58.1 Å². The molecule has 3 aromatic heterocycles. The summed E-state index contributed by atoms with van der Waals surface area (Å²) in [6, 6.07) is 10.3. The van der Waals surface area contributed by atoms with E-state index in [1.165, 1.54) is 11.3 Å². The standard InChI is InChI=1S/C22H20N8O3S/c23-22-24-11-14(12-25-22)18-26-15-10-16(21(32)29-28-20(31)13-4-2-1-3-5-13)34-17(15)19(27-18)30-6-8-33-9-7-30/h1-5,10-12H,6-9H2,(H,28,31)(H,29,32)(H2,23,24,25). The monoisotopic (exact) mass is 476 g/mol. The Labute approximate surface area is 198 Å². The van der Waals surface area contributed by atoms with Gasteiger partial charge in [0.15, 0.2) is 11.6 Å². The van der Waals surface area contributed by atoms with E-state index in [0.29, 0.717) is 59.5 Å². The quantitative estimate of drug-likeness (QED) is 0.374. The zero-order valence-electron chi connectivity index (χ0n) is 17.9. The number of benzene rings is 1. The van der Waals surface area contributed by atoms with Crippen molar-refractivity contribution >= 4 is 45.1 Å². The number of thiophene rings is 1. The van der Waals surface area contributed by atoms with Crippen molar-refractivity contribution in [3.05, 3.63) is 59.2 Å². The Bertz CT molecular complexity index is 1340. The lowest BCUT2D eigenvalue weighted by Gasteiger charge is -2.28. The number of nitrogen functional groups attached to an aromatic ring is 1. The fraction of sp³-hybridized carbons (Fsp3) is 0.182. The lowest BCUT2D eigenvalue weighted by Crippen LogP contribution is -2.41. The fourth-order valence-electron chi connectivity index (χ4n) is 3.44. The fourth-order valence-corrected chi connectivity index (χ4v) is 4.44. The van der Waals surface area contributed by atoms with Gasteiger partial charge in [0.2, 0.25) is 5.95 Å². The second kappa shape index (κ2) is 9.37. The molecule has 1 saturated heterocycles. The van der Waals surface area contributed by atoms with E-state index in [9.17, 15) is 9.59 Å². The number of nitrogens with zero attached hydrogens (tertiary/aromatic N) is 5. The van der Waals surface area contributed by atoms with Gasteiger partial charge in [0.1, 0.15) is 0 Å². The van der Waals surface area contributed by atoms with Gasteiger partial charge >= 0.3 is 0 Å². The number of ether oxygens (including phenoxy) is 1. The van der Waals surface area contributed by atoms with Gasteiger partial charge < -0.3 is 15.4 Å². The third kappa shape index (κ3) is 4.49. The van der Waals surface area contributed by atoms with Crippen molar-refractivity contribution in [3.8, 4) is 11.4 Å². The number of aromatic nitrogens is 4. The number of carbonyl (C=O) groups excluding carboxylic acids is 2. The summed E-state index contributed by atoms with van der Waals surface area (Å²) >= 11 is 1.26. The van der Waals surface area contributed by atoms with Gasteiger partial charge in [0.05, 0.1) is 33.9 Å². The lowest BCUT2D eigenvalue weighted by molar-refractivity contribution is 0.0849. The maximum Gasteiger partial charge on any atom is 0.279 e. The molecule has 5 rings (SSSR count). The Kier molecular flexibility index (Phi) is 5.97. The molecule has 1 aliphatic heterocycles. The first-order chi connectivity index (χ1) is 16.6. The lowest BCUT2D eigenvalue weighted by atomic mass is 10.2. The summed E-state index contributed by atoms with van der Waals surface area (Å²) in [5.41, 5.74) is 12.2. The predicted octanol–water partition coefficient (Wildman–Crippen LogP) is 1.64. The zero-order valence-corrected chi connectivity index (χ0v) is 18.7. The summed E-state index contributed by atoms with van der Waals surface area (Å²) < 4.78 is 6.24. The molecule has 0 atom stereocenters. The van der Waals surface area contributed by atoms with Gasteiger partial charge in [0.25, 0.3) is 11.8 Å². The largest absolute Gasteiger partial charge is 0.378 e. The number of carbonyl (C=O) groups is 2. The zero-order chi connectivity index (χ0) is 23.5. The number of hydrazine groups is 1. The van der Waals surface area contributed by atoms with Gasteiger partial charge in [-0.15, -0.1) is 11.3 Å². The molecule has 0 spiro atoms. The first kappa shape index (κ1) is 21.7. The van der Waals surface area contributed by atoms with E-state index in [-0.39, 0.29) is 5.95 Å². The SMILES string of the molecule is Nc1ncc(-c2nc(N3CCOCC3)c3sc(C(=O)NNC(=O)c4ccccc4)cc3n2)cn1. The maximum atomic E-state index is 12.8. The molecule has 0 aliphatic carbocycles. The van der Waals surface area contributed by atoms with Gasteiger partial charge in [-0.2, -0.15) is 0 Å². The Morgan fingerprint density at radius 3 is 2.44 bits per heavy atom. The van der Waals surface area contributed by atoms with Crippen molar-refractivity contribution in [3.63, 3.8) is 0 Å². The van der Waals surface area contributed by atoms with Gasteiger partial charge in [-0.05, 0) is 18.2 Å². The van der Waals surface area contributed by atoms with Gasteiger partial charge in [-0.25, -0.2) is 19.9 Å². The van der Waals surface area contributed by atoms with E-state index in [1.807, 2.05) is 6.07 Å². The molecule has 0 bridgehead atoms. The number of anilines is 2. The van der Waals surface area contributed by atoms with Crippen LogP contribution in [0.15, 0.2) is 48.8 Å². The smallest absolute Gasteiger partial charge is 0.279 e. The number of morpholine rings is 1. The molecule has 4 aromatic rings. The second-order valence-electron chi connectivity index (χ2n) is 7.40. The Morgan fingerprint density at radius 2 is 1.71 bits per heavy atom. The van der Waals surface area contributed by atoms with Crippen molar-refractivity contribution in [1.82, 2.24) is 30.8 Å². The van der Waals surface area contributed by atoms with E-state index < -0.39 is 11.8 Å². The van der Waals surface area contributed by atoms with E-state index >= 15 is 0 Å². The van der Waals surface area contributed by atoms with Gasteiger partial charge in [-0.1, -0.05) is 18.2 Å². The van der Waals surface area contributed by atoms with Crippen LogP contribution in [0.4, 0.5) is 11.8 Å². The molecule has 1 aromatic carbocycles. The number of hydrogen-bond donors (Lipinski definition) is 3. The predicted molar refractivity (Wildman–Crippen MR) is 127 cm³/mol. The summed E-state index contributed by atoms with van der Waals surface area (Å²) in [6.45, 7) is 2.48. The number of rotatable bonds is 4. The molecule has 4 N–H and O–H groups in total. The third-order valence-corrected chi connectivity index (χ3v) is 6.26. The van der Waals surface area contributed by atoms with Crippen molar-refractivity contribution in [1.29, 1.82) is 0 Å². The molecule has 4 heterocycles. The van der Waals surface area contributed by atoms with Crippen LogP contribution < -0.4 is 21.5 Å². The van der Waals surface area contributed by atoms with Crippen LogP contribution in [0.3, 0.4) is 0 Å². The normalized spacial score (nSPS) is 13.6. The van der Waals surface area contributed by atoms with Gasteiger partial charge in [0, 0.05) is 31.0 Å². The molecule has 0 radical (unpaired) electrons. The van der Waals surface area contributed by atoms with Crippen LogP contribution in [0, 0.1) is 0 Å². The number of hydrogen-bond acceptors (Lipinski definition) is 10. The molecule has 1 aliphatic rings. The first-order valence-corrected chi connectivity index (χ1v) is 11.3. The molecule has 34 heavy (non-hydrogen) atoms. The highest BCUT2D eigenvalue weighted by molar-refractivity contribution is 7.21. The molecular formula is C22H20N8O3S. The Morgan fingerprint density at radius 1 is 1.00 bits per heavy atom. The molecule has 2 amide bonds. The second-order valence-corrected chi connectivity index (χ2v) is 8.45. The molecular weight excluding hydrogens is 456 g/mol. The Hall–Kier alpha value is -4.16. The summed E-state index contributed by atoms with van der Waals surface area (Å²) in [7, 11) is 0. The van der Waals surface area contributed by atoms with E-state index in [0.717, 1.165) is 4.70 Å². The van der Waals surface area contributed by atoms with E-state index in [1.54, 1.807) is 42.7 Å². The highest BCUT2D eigenvalue weighted by atomic mass is 32.1. The minimum Gasteiger partial charge on any atom is -0.378 e. The number of nitrogens with two attached hydrogens (primary N) is 1. The summed E-state index contributed by atoms with van der Waals surface area (Å²) in [5.74, 6) is 0.436. The summed E-state index contributed by atoms with van der Waals surface area (Å²) in [5, 5.41) is 0. The van der Waals surface area contributed by atoms with Crippen LogP contribution in [0.1, 0.15) is 20.0 Å². The van der Waals surface area contributed by atoms with Crippen LogP contribution in [-0.2, 0) is 4.74 Å².